The summed E-state index contributed by atoms with van der Waals surface area (Å²) in [5.74, 6) is -0.170. The van der Waals surface area contributed by atoms with Crippen molar-refractivity contribution < 1.29 is 4.79 Å². The van der Waals surface area contributed by atoms with Gasteiger partial charge in [-0.3, -0.25) is 14.2 Å². The van der Waals surface area contributed by atoms with Crippen molar-refractivity contribution in [3.63, 3.8) is 0 Å². The van der Waals surface area contributed by atoms with Crippen molar-refractivity contribution in [2.24, 2.45) is 0 Å². The lowest BCUT2D eigenvalue weighted by atomic mass is 9.96. The molecule has 0 fully saturated rings. The Balaban J connectivity index is 1.93. The summed E-state index contributed by atoms with van der Waals surface area (Å²) in [4.78, 5) is 28.1. The van der Waals surface area contributed by atoms with E-state index in [0.717, 1.165) is 12.0 Å². The number of hydrogen-bond acceptors (Lipinski definition) is 3. The van der Waals surface area contributed by atoms with Gasteiger partial charge in [0, 0.05) is 24.8 Å². The number of carbonyl (C=O) groups excluding carboxylic acids is 1. The SMILES string of the molecule is CCC(C(=O)NCCn1cnc(C)cc1=O)c1ccccc1. The number of hydrogen-bond donors (Lipinski definition) is 1. The molecule has 0 radical (unpaired) electrons. The third-order valence-corrected chi connectivity index (χ3v) is 3.59. The van der Waals surface area contributed by atoms with Gasteiger partial charge in [0.25, 0.3) is 5.56 Å². The molecule has 22 heavy (non-hydrogen) atoms. The smallest absolute Gasteiger partial charge is 0.253 e. The highest BCUT2D eigenvalue weighted by Gasteiger charge is 2.17. The summed E-state index contributed by atoms with van der Waals surface area (Å²) in [6.07, 6.45) is 2.25. The van der Waals surface area contributed by atoms with E-state index in [1.165, 1.54) is 17.0 Å². The first-order valence-electron chi connectivity index (χ1n) is 7.47. The number of aromatic nitrogens is 2. The van der Waals surface area contributed by atoms with E-state index >= 15 is 0 Å². The van der Waals surface area contributed by atoms with Crippen molar-refractivity contribution in [2.75, 3.05) is 6.54 Å². The van der Waals surface area contributed by atoms with Gasteiger partial charge in [-0.25, -0.2) is 4.98 Å². The fraction of sp³-hybridized carbons (Fsp3) is 0.353. The molecule has 1 N–H and O–H groups in total. The van der Waals surface area contributed by atoms with E-state index in [1.807, 2.05) is 37.3 Å². The second-order valence-electron chi connectivity index (χ2n) is 5.22. The molecule has 0 aliphatic carbocycles. The van der Waals surface area contributed by atoms with Crippen LogP contribution in [-0.2, 0) is 11.3 Å². The lowest BCUT2D eigenvalue weighted by Crippen LogP contribution is -2.33. The molecule has 0 saturated heterocycles. The largest absolute Gasteiger partial charge is 0.354 e. The molecule has 1 unspecified atom stereocenters. The topological polar surface area (TPSA) is 64.0 Å². The van der Waals surface area contributed by atoms with E-state index in [9.17, 15) is 9.59 Å². The van der Waals surface area contributed by atoms with Gasteiger partial charge in [0.1, 0.15) is 0 Å². The first-order chi connectivity index (χ1) is 10.6. The summed E-state index contributed by atoms with van der Waals surface area (Å²) in [5.41, 5.74) is 1.61. The lowest BCUT2D eigenvalue weighted by Gasteiger charge is -2.15. The van der Waals surface area contributed by atoms with E-state index in [1.54, 1.807) is 6.92 Å². The highest BCUT2D eigenvalue weighted by atomic mass is 16.2. The van der Waals surface area contributed by atoms with Gasteiger partial charge in [-0.2, -0.15) is 0 Å². The molecule has 5 heteroatoms. The second-order valence-corrected chi connectivity index (χ2v) is 5.22. The fourth-order valence-corrected chi connectivity index (χ4v) is 2.37. The van der Waals surface area contributed by atoms with E-state index in [-0.39, 0.29) is 17.4 Å². The van der Waals surface area contributed by atoms with Crippen LogP contribution in [-0.4, -0.2) is 22.0 Å². The monoisotopic (exact) mass is 299 g/mol. The maximum absolute atomic E-state index is 12.3. The molecule has 1 aromatic carbocycles. The summed E-state index contributed by atoms with van der Waals surface area (Å²) < 4.78 is 1.50. The van der Waals surface area contributed by atoms with E-state index < -0.39 is 0 Å². The predicted molar refractivity (Wildman–Crippen MR) is 85.7 cm³/mol. The summed E-state index contributed by atoms with van der Waals surface area (Å²) >= 11 is 0. The Morgan fingerprint density at radius 1 is 1.32 bits per heavy atom. The summed E-state index contributed by atoms with van der Waals surface area (Å²) in [5, 5.41) is 2.90. The standard InChI is InChI=1S/C17H21N3O2/c1-3-15(14-7-5-4-6-8-14)17(22)18-9-10-20-12-19-13(2)11-16(20)21/h4-8,11-12,15H,3,9-10H2,1-2H3,(H,18,22). The number of nitrogens with zero attached hydrogens (tertiary/aromatic N) is 2. The summed E-state index contributed by atoms with van der Waals surface area (Å²) in [6, 6.07) is 11.2. The van der Waals surface area contributed by atoms with Crippen molar-refractivity contribution in [3.8, 4) is 0 Å². The zero-order valence-electron chi connectivity index (χ0n) is 13.0. The second kappa shape index (κ2) is 7.54. The zero-order chi connectivity index (χ0) is 15.9. The average molecular weight is 299 g/mol. The van der Waals surface area contributed by atoms with Crippen molar-refractivity contribution in [2.45, 2.75) is 32.7 Å². The van der Waals surface area contributed by atoms with Gasteiger partial charge in [-0.05, 0) is 18.9 Å². The zero-order valence-corrected chi connectivity index (χ0v) is 13.0. The molecular formula is C17H21N3O2. The fourth-order valence-electron chi connectivity index (χ4n) is 2.37. The first-order valence-corrected chi connectivity index (χ1v) is 7.47. The Hall–Kier alpha value is -2.43. The van der Waals surface area contributed by atoms with E-state index in [2.05, 4.69) is 10.3 Å². The highest BCUT2D eigenvalue weighted by molar-refractivity contribution is 5.83. The van der Waals surface area contributed by atoms with Crippen LogP contribution in [0.15, 0.2) is 47.5 Å². The third-order valence-electron chi connectivity index (χ3n) is 3.59. The molecule has 1 heterocycles. The molecule has 0 aliphatic rings. The molecule has 0 aliphatic heterocycles. The van der Waals surface area contributed by atoms with Crippen molar-refractivity contribution >= 4 is 5.91 Å². The summed E-state index contributed by atoms with van der Waals surface area (Å²) in [7, 11) is 0. The number of carbonyl (C=O) groups is 1. The number of nitrogens with one attached hydrogen (secondary N) is 1. The molecule has 1 aromatic heterocycles. The van der Waals surface area contributed by atoms with Crippen LogP contribution in [0.25, 0.3) is 0 Å². The van der Waals surface area contributed by atoms with Crippen LogP contribution < -0.4 is 10.9 Å². The number of aryl methyl sites for hydroxylation is 1. The Labute approximate surface area is 130 Å². The molecule has 0 spiro atoms. The normalized spacial score (nSPS) is 11.9. The van der Waals surface area contributed by atoms with Gasteiger partial charge in [-0.1, -0.05) is 37.3 Å². The third kappa shape index (κ3) is 4.04. The van der Waals surface area contributed by atoms with Gasteiger partial charge >= 0.3 is 0 Å². The predicted octanol–water partition coefficient (Wildman–Crippen LogP) is 1.86. The molecule has 2 aromatic rings. The van der Waals surface area contributed by atoms with Crippen LogP contribution in [0.4, 0.5) is 0 Å². The molecule has 1 amide bonds. The number of rotatable bonds is 6. The lowest BCUT2D eigenvalue weighted by molar-refractivity contribution is -0.122. The average Bonchev–Trinajstić information content (AvgIpc) is 2.51. The van der Waals surface area contributed by atoms with Crippen LogP contribution in [0.2, 0.25) is 0 Å². The summed E-state index contributed by atoms with van der Waals surface area (Å²) in [6.45, 7) is 4.60. The van der Waals surface area contributed by atoms with Crippen LogP contribution >= 0.6 is 0 Å². The van der Waals surface area contributed by atoms with E-state index in [4.69, 9.17) is 0 Å². The Morgan fingerprint density at radius 3 is 2.68 bits per heavy atom. The minimum absolute atomic E-state index is 0.0122. The number of amides is 1. The molecule has 0 saturated carbocycles. The van der Waals surface area contributed by atoms with Crippen LogP contribution in [0, 0.1) is 6.92 Å². The number of benzene rings is 1. The highest BCUT2D eigenvalue weighted by Crippen LogP contribution is 2.18. The van der Waals surface area contributed by atoms with Gasteiger partial charge in [-0.15, -0.1) is 0 Å². The molecule has 2 rings (SSSR count). The molecule has 116 valence electrons. The van der Waals surface area contributed by atoms with Crippen LogP contribution in [0.3, 0.4) is 0 Å². The van der Waals surface area contributed by atoms with Crippen LogP contribution in [0.1, 0.15) is 30.5 Å². The van der Waals surface area contributed by atoms with Crippen LogP contribution in [0.5, 0.6) is 0 Å². The minimum Gasteiger partial charge on any atom is -0.354 e. The molecular weight excluding hydrogens is 278 g/mol. The van der Waals surface area contributed by atoms with Gasteiger partial charge in [0.15, 0.2) is 0 Å². The molecule has 5 nitrogen and oxygen atoms in total. The first kappa shape index (κ1) is 15.9. The maximum atomic E-state index is 12.3. The molecule has 1 atom stereocenters. The van der Waals surface area contributed by atoms with Crippen molar-refractivity contribution in [3.05, 3.63) is 64.3 Å². The van der Waals surface area contributed by atoms with Crippen molar-refractivity contribution in [1.82, 2.24) is 14.9 Å². The Bertz CT molecular complexity index is 680. The quantitative estimate of drug-likeness (QED) is 0.885. The van der Waals surface area contributed by atoms with Crippen molar-refractivity contribution in [1.29, 1.82) is 0 Å². The molecule has 0 bridgehead atoms. The Kier molecular flexibility index (Phi) is 5.47. The van der Waals surface area contributed by atoms with E-state index in [0.29, 0.717) is 18.8 Å². The van der Waals surface area contributed by atoms with Gasteiger partial charge in [0.05, 0.1) is 12.2 Å². The van der Waals surface area contributed by atoms with Gasteiger partial charge in [0.2, 0.25) is 5.91 Å². The van der Waals surface area contributed by atoms with Gasteiger partial charge < -0.3 is 5.32 Å². The Morgan fingerprint density at radius 2 is 2.05 bits per heavy atom. The minimum atomic E-state index is -0.158. The maximum Gasteiger partial charge on any atom is 0.253 e.